The zero-order chi connectivity index (χ0) is 9.03. The maximum Gasteiger partial charge on any atom is 0.0585 e. The summed E-state index contributed by atoms with van der Waals surface area (Å²) >= 11 is 0. The van der Waals surface area contributed by atoms with Crippen LogP contribution in [0.1, 0.15) is 13.8 Å². The average Bonchev–Trinajstić information content (AvgIpc) is 2.12. The van der Waals surface area contributed by atoms with Crippen molar-refractivity contribution in [3.63, 3.8) is 0 Å². The van der Waals surface area contributed by atoms with Crippen molar-refractivity contribution in [1.82, 2.24) is 0 Å². The van der Waals surface area contributed by atoms with Crippen LogP contribution in [0.3, 0.4) is 0 Å². The van der Waals surface area contributed by atoms with E-state index in [2.05, 4.69) is 44.2 Å². The van der Waals surface area contributed by atoms with Crippen molar-refractivity contribution in [1.29, 1.82) is 0 Å². The summed E-state index contributed by atoms with van der Waals surface area (Å²) in [6.45, 7) is 5.02. The Morgan fingerprint density at radius 1 is 1.42 bits per heavy atom. The highest BCUT2D eigenvalue weighted by atomic mass is 16.5. The Morgan fingerprint density at radius 2 is 2.17 bits per heavy atom. The van der Waals surface area contributed by atoms with Gasteiger partial charge in [0.2, 0.25) is 0 Å². The van der Waals surface area contributed by atoms with E-state index in [0.717, 1.165) is 6.61 Å². The van der Waals surface area contributed by atoms with Crippen molar-refractivity contribution in [3.8, 4) is 0 Å². The summed E-state index contributed by atoms with van der Waals surface area (Å²) in [5, 5.41) is 0. The lowest BCUT2D eigenvalue weighted by molar-refractivity contribution is 0.146. The molecule has 12 heavy (non-hydrogen) atoms. The number of rotatable bonds is 2. The van der Waals surface area contributed by atoms with Crippen LogP contribution in [0.15, 0.2) is 36.0 Å². The van der Waals surface area contributed by atoms with Crippen molar-refractivity contribution in [2.45, 2.75) is 13.8 Å². The third kappa shape index (κ3) is 2.35. The van der Waals surface area contributed by atoms with Gasteiger partial charge in [0.25, 0.3) is 0 Å². The second-order valence-corrected chi connectivity index (χ2v) is 3.55. The van der Waals surface area contributed by atoms with Gasteiger partial charge >= 0.3 is 0 Å². The van der Waals surface area contributed by atoms with Crippen LogP contribution in [-0.4, -0.2) is 13.7 Å². The summed E-state index contributed by atoms with van der Waals surface area (Å²) in [6, 6.07) is 0. The first-order valence-electron chi connectivity index (χ1n) is 4.21. The summed E-state index contributed by atoms with van der Waals surface area (Å²) in [7, 11) is 1.74. The van der Waals surface area contributed by atoms with Crippen LogP contribution < -0.4 is 0 Å². The van der Waals surface area contributed by atoms with Crippen LogP contribution >= 0.6 is 0 Å². The number of hydrogen-bond acceptors (Lipinski definition) is 1. The second kappa shape index (κ2) is 3.72. The van der Waals surface area contributed by atoms with Gasteiger partial charge in [-0.25, -0.2) is 0 Å². The molecule has 1 atom stereocenters. The van der Waals surface area contributed by atoms with Crippen LogP contribution in [0, 0.1) is 5.41 Å². The number of ether oxygens (including phenoxy) is 1. The normalized spacial score (nSPS) is 28.4. The minimum Gasteiger partial charge on any atom is -0.383 e. The van der Waals surface area contributed by atoms with Gasteiger partial charge in [0.15, 0.2) is 0 Å². The molecule has 0 fully saturated rings. The molecule has 1 rings (SSSR count). The Balaban J connectivity index is 2.83. The molecule has 0 N–H and O–H groups in total. The Labute approximate surface area is 74.4 Å². The van der Waals surface area contributed by atoms with E-state index in [9.17, 15) is 0 Å². The third-order valence-corrected chi connectivity index (χ3v) is 1.96. The van der Waals surface area contributed by atoms with Crippen molar-refractivity contribution in [2.24, 2.45) is 5.41 Å². The summed E-state index contributed by atoms with van der Waals surface area (Å²) in [4.78, 5) is 0. The van der Waals surface area contributed by atoms with E-state index in [0.29, 0.717) is 0 Å². The molecular weight excluding hydrogens is 148 g/mol. The molecule has 0 aromatic rings. The third-order valence-electron chi connectivity index (χ3n) is 1.96. The molecule has 0 amide bonds. The maximum absolute atomic E-state index is 5.16. The fourth-order valence-electron chi connectivity index (χ4n) is 1.50. The van der Waals surface area contributed by atoms with E-state index in [-0.39, 0.29) is 5.41 Å². The van der Waals surface area contributed by atoms with Gasteiger partial charge in [-0.1, -0.05) is 42.9 Å². The average molecular weight is 164 g/mol. The second-order valence-electron chi connectivity index (χ2n) is 3.55. The molecule has 0 heterocycles. The van der Waals surface area contributed by atoms with E-state index in [1.165, 1.54) is 5.57 Å². The van der Waals surface area contributed by atoms with Crippen LogP contribution in [-0.2, 0) is 4.74 Å². The highest BCUT2D eigenvalue weighted by molar-refractivity contribution is 5.29. The predicted molar refractivity (Wildman–Crippen MR) is 52.0 cm³/mol. The van der Waals surface area contributed by atoms with Gasteiger partial charge in [-0.2, -0.15) is 0 Å². The molecule has 0 radical (unpaired) electrons. The van der Waals surface area contributed by atoms with Gasteiger partial charge < -0.3 is 4.74 Å². The lowest BCUT2D eigenvalue weighted by atomic mass is 9.90. The van der Waals surface area contributed by atoms with Gasteiger partial charge in [-0.15, -0.1) is 0 Å². The zero-order valence-corrected chi connectivity index (χ0v) is 8.00. The molecule has 1 heteroatoms. The maximum atomic E-state index is 5.16. The van der Waals surface area contributed by atoms with E-state index in [1.54, 1.807) is 7.11 Å². The first-order chi connectivity index (χ1) is 5.66. The topological polar surface area (TPSA) is 9.23 Å². The highest BCUT2D eigenvalue weighted by Crippen LogP contribution is 2.24. The lowest BCUT2D eigenvalue weighted by Gasteiger charge is -2.20. The van der Waals surface area contributed by atoms with E-state index < -0.39 is 0 Å². The molecule has 1 aliphatic carbocycles. The Kier molecular flexibility index (Phi) is 2.88. The smallest absolute Gasteiger partial charge is 0.0585 e. The molecule has 0 aliphatic heterocycles. The Bertz CT molecular complexity index is 235. The van der Waals surface area contributed by atoms with Gasteiger partial charge in [-0.3, -0.25) is 0 Å². The highest BCUT2D eigenvalue weighted by Gasteiger charge is 2.17. The fourth-order valence-corrected chi connectivity index (χ4v) is 1.50. The predicted octanol–water partition coefficient (Wildman–Crippen LogP) is 2.71. The first-order valence-corrected chi connectivity index (χ1v) is 4.21. The molecule has 1 unspecified atom stereocenters. The van der Waals surface area contributed by atoms with E-state index in [4.69, 9.17) is 4.74 Å². The number of hydrogen-bond donors (Lipinski definition) is 0. The molecule has 1 aliphatic rings. The van der Waals surface area contributed by atoms with Crippen LogP contribution in [0.2, 0.25) is 0 Å². The SMILES string of the molecule is COCC1(C)C=CC=CC(C)=C1. The molecule has 66 valence electrons. The summed E-state index contributed by atoms with van der Waals surface area (Å²) in [5.74, 6) is 0. The van der Waals surface area contributed by atoms with Crippen LogP contribution in [0.4, 0.5) is 0 Å². The molecule has 1 nitrogen and oxygen atoms in total. The number of methoxy groups -OCH3 is 1. The summed E-state index contributed by atoms with van der Waals surface area (Å²) in [6.07, 6.45) is 10.6. The molecule has 0 saturated heterocycles. The molecular formula is C11H16O. The van der Waals surface area contributed by atoms with Gasteiger partial charge in [0.1, 0.15) is 0 Å². The number of allylic oxidation sites excluding steroid dienone is 4. The molecule has 0 aromatic heterocycles. The molecule has 0 saturated carbocycles. The van der Waals surface area contributed by atoms with Gasteiger partial charge in [-0.05, 0) is 6.92 Å². The van der Waals surface area contributed by atoms with Crippen molar-refractivity contribution < 1.29 is 4.74 Å². The first kappa shape index (κ1) is 9.27. The lowest BCUT2D eigenvalue weighted by Crippen LogP contribution is -2.16. The largest absolute Gasteiger partial charge is 0.383 e. The summed E-state index contributed by atoms with van der Waals surface area (Å²) < 4.78 is 5.16. The molecule has 0 spiro atoms. The zero-order valence-electron chi connectivity index (χ0n) is 8.00. The Hall–Kier alpha value is -0.820. The van der Waals surface area contributed by atoms with E-state index in [1.807, 2.05) is 0 Å². The quantitative estimate of drug-likeness (QED) is 0.609. The minimum atomic E-state index is 0.0579. The molecule has 0 aromatic carbocycles. The van der Waals surface area contributed by atoms with Crippen LogP contribution in [0.5, 0.6) is 0 Å². The summed E-state index contributed by atoms with van der Waals surface area (Å²) in [5.41, 5.74) is 1.35. The standard InChI is InChI=1S/C11H16O/c1-10-6-4-5-7-11(2,8-10)9-12-3/h4-8H,9H2,1-3H3. The molecule has 0 bridgehead atoms. The minimum absolute atomic E-state index is 0.0579. The van der Waals surface area contributed by atoms with Gasteiger partial charge in [0.05, 0.1) is 6.61 Å². The Morgan fingerprint density at radius 3 is 2.83 bits per heavy atom. The van der Waals surface area contributed by atoms with Crippen LogP contribution in [0.25, 0.3) is 0 Å². The van der Waals surface area contributed by atoms with Crippen molar-refractivity contribution >= 4 is 0 Å². The van der Waals surface area contributed by atoms with Crippen molar-refractivity contribution in [2.75, 3.05) is 13.7 Å². The van der Waals surface area contributed by atoms with Gasteiger partial charge in [0, 0.05) is 12.5 Å². The van der Waals surface area contributed by atoms with Crippen molar-refractivity contribution in [3.05, 3.63) is 36.0 Å². The fraction of sp³-hybridized carbons (Fsp3) is 0.455. The monoisotopic (exact) mass is 164 g/mol. The van der Waals surface area contributed by atoms with E-state index >= 15 is 0 Å².